The molecule has 2 rings (SSSR count). The van der Waals surface area contributed by atoms with E-state index in [-0.39, 0.29) is 24.0 Å². The first kappa shape index (κ1) is 13.4. The van der Waals surface area contributed by atoms with Gasteiger partial charge in [-0.2, -0.15) is 0 Å². The fourth-order valence-electron chi connectivity index (χ4n) is 1.96. The van der Waals surface area contributed by atoms with Gasteiger partial charge in [0.05, 0.1) is 13.7 Å². The molecule has 2 aromatic rings. The molecule has 5 heteroatoms. The van der Waals surface area contributed by atoms with Crippen LogP contribution in [0.5, 0.6) is 5.75 Å². The molecule has 0 unspecified atom stereocenters. The van der Waals surface area contributed by atoms with Gasteiger partial charge in [0.2, 0.25) is 0 Å². The van der Waals surface area contributed by atoms with Gasteiger partial charge in [0.25, 0.3) is 0 Å². The second kappa shape index (κ2) is 5.30. The van der Waals surface area contributed by atoms with Gasteiger partial charge in [-0.15, -0.1) is 0 Å². The van der Waals surface area contributed by atoms with E-state index in [4.69, 9.17) is 4.74 Å². The summed E-state index contributed by atoms with van der Waals surface area (Å²) in [6, 6.07) is 5.00. The lowest BCUT2D eigenvalue weighted by Gasteiger charge is -2.08. The highest BCUT2D eigenvalue weighted by atomic mass is 19.1. The Kier molecular flexibility index (Phi) is 3.74. The fourth-order valence-corrected chi connectivity index (χ4v) is 1.96. The Hall–Kier alpha value is -2.04. The van der Waals surface area contributed by atoms with Crippen molar-refractivity contribution in [3.8, 4) is 5.75 Å². The molecule has 0 aliphatic rings. The smallest absolute Gasteiger partial charge is 0.328 e. The standard InChI is InChI=1S/C14H17FN2O2/c1-10(2)17-8-7-16(14(17)18)9-11-5-4-6-12(19-3)13(11)15/h4-8,10H,9H2,1-3H3. The molecule has 0 saturated carbocycles. The summed E-state index contributed by atoms with van der Waals surface area (Å²) in [5.74, 6) is -0.233. The Bertz CT molecular complexity index is 629. The maximum absolute atomic E-state index is 14.0. The van der Waals surface area contributed by atoms with Gasteiger partial charge in [0, 0.05) is 24.0 Å². The second-order valence-corrected chi connectivity index (χ2v) is 4.64. The van der Waals surface area contributed by atoms with Gasteiger partial charge in [-0.1, -0.05) is 12.1 Å². The number of methoxy groups -OCH3 is 1. The third kappa shape index (κ3) is 2.54. The maximum Gasteiger partial charge on any atom is 0.328 e. The van der Waals surface area contributed by atoms with Gasteiger partial charge in [-0.3, -0.25) is 9.13 Å². The molecule has 19 heavy (non-hydrogen) atoms. The highest BCUT2D eigenvalue weighted by Gasteiger charge is 2.11. The van der Waals surface area contributed by atoms with Crippen molar-refractivity contribution in [1.29, 1.82) is 0 Å². The zero-order valence-corrected chi connectivity index (χ0v) is 11.3. The molecule has 0 atom stereocenters. The highest BCUT2D eigenvalue weighted by Crippen LogP contribution is 2.20. The number of aromatic nitrogens is 2. The lowest BCUT2D eigenvalue weighted by molar-refractivity contribution is 0.383. The van der Waals surface area contributed by atoms with Gasteiger partial charge in [0.15, 0.2) is 11.6 Å². The molecule has 0 aliphatic heterocycles. The predicted molar refractivity (Wildman–Crippen MR) is 71.1 cm³/mol. The van der Waals surface area contributed by atoms with E-state index in [0.29, 0.717) is 5.56 Å². The lowest BCUT2D eigenvalue weighted by atomic mass is 10.2. The summed E-state index contributed by atoms with van der Waals surface area (Å²) in [7, 11) is 1.42. The summed E-state index contributed by atoms with van der Waals surface area (Å²) < 4.78 is 22.0. The average molecular weight is 264 g/mol. The van der Waals surface area contributed by atoms with Crippen LogP contribution in [-0.2, 0) is 6.54 Å². The fraction of sp³-hybridized carbons (Fsp3) is 0.357. The van der Waals surface area contributed by atoms with Crippen molar-refractivity contribution in [3.05, 3.63) is 52.5 Å². The van der Waals surface area contributed by atoms with Crippen molar-refractivity contribution in [2.75, 3.05) is 7.11 Å². The Morgan fingerprint density at radius 3 is 2.63 bits per heavy atom. The van der Waals surface area contributed by atoms with E-state index in [2.05, 4.69) is 0 Å². The summed E-state index contributed by atoms with van der Waals surface area (Å²) in [4.78, 5) is 12.1. The molecular formula is C14H17FN2O2. The number of halogens is 1. The topological polar surface area (TPSA) is 36.2 Å². The number of nitrogens with zero attached hydrogens (tertiary/aromatic N) is 2. The minimum absolute atomic E-state index is 0.0870. The third-order valence-corrected chi connectivity index (χ3v) is 3.03. The first-order valence-corrected chi connectivity index (χ1v) is 6.13. The van der Waals surface area contributed by atoms with Crippen LogP contribution in [0, 0.1) is 5.82 Å². The molecule has 1 aromatic carbocycles. The van der Waals surface area contributed by atoms with Crippen molar-refractivity contribution < 1.29 is 9.13 Å². The van der Waals surface area contributed by atoms with Crippen LogP contribution < -0.4 is 10.4 Å². The number of imidazole rings is 1. The molecule has 0 aliphatic carbocycles. The van der Waals surface area contributed by atoms with E-state index in [1.54, 1.807) is 35.2 Å². The van der Waals surface area contributed by atoms with Gasteiger partial charge in [0.1, 0.15) is 0 Å². The van der Waals surface area contributed by atoms with Crippen LogP contribution in [0.2, 0.25) is 0 Å². The van der Waals surface area contributed by atoms with Crippen LogP contribution >= 0.6 is 0 Å². The summed E-state index contributed by atoms with van der Waals surface area (Å²) >= 11 is 0. The van der Waals surface area contributed by atoms with Crippen LogP contribution in [0.15, 0.2) is 35.4 Å². The van der Waals surface area contributed by atoms with Gasteiger partial charge < -0.3 is 4.74 Å². The molecule has 0 saturated heterocycles. The third-order valence-electron chi connectivity index (χ3n) is 3.03. The van der Waals surface area contributed by atoms with Crippen LogP contribution in [-0.4, -0.2) is 16.2 Å². The first-order chi connectivity index (χ1) is 9.04. The van der Waals surface area contributed by atoms with E-state index in [0.717, 1.165) is 0 Å². The van der Waals surface area contributed by atoms with Crippen molar-refractivity contribution in [2.45, 2.75) is 26.4 Å². The maximum atomic E-state index is 14.0. The zero-order valence-electron chi connectivity index (χ0n) is 11.3. The van der Waals surface area contributed by atoms with Crippen LogP contribution in [0.25, 0.3) is 0 Å². The zero-order chi connectivity index (χ0) is 14.0. The number of hydrogen-bond donors (Lipinski definition) is 0. The Morgan fingerprint density at radius 2 is 2.05 bits per heavy atom. The van der Waals surface area contributed by atoms with E-state index >= 15 is 0 Å². The largest absolute Gasteiger partial charge is 0.494 e. The van der Waals surface area contributed by atoms with Crippen LogP contribution in [0.3, 0.4) is 0 Å². The molecule has 0 spiro atoms. The molecule has 0 radical (unpaired) electrons. The van der Waals surface area contributed by atoms with Crippen molar-refractivity contribution in [2.24, 2.45) is 0 Å². The van der Waals surface area contributed by atoms with E-state index < -0.39 is 5.82 Å². The average Bonchev–Trinajstić information content (AvgIpc) is 2.74. The number of hydrogen-bond acceptors (Lipinski definition) is 2. The number of ether oxygens (including phenoxy) is 1. The van der Waals surface area contributed by atoms with E-state index in [1.165, 1.54) is 11.7 Å². The highest BCUT2D eigenvalue weighted by molar-refractivity contribution is 5.31. The Morgan fingerprint density at radius 1 is 1.32 bits per heavy atom. The van der Waals surface area contributed by atoms with Crippen molar-refractivity contribution in [3.63, 3.8) is 0 Å². The molecule has 1 aromatic heterocycles. The van der Waals surface area contributed by atoms with Gasteiger partial charge in [-0.25, -0.2) is 9.18 Å². The number of rotatable bonds is 4. The molecule has 0 amide bonds. The molecule has 0 bridgehead atoms. The van der Waals surface area contributed by atoms with E-state index in [9.17, 15) is 9.18 Å². The summed E-state index contributed by atoms with van der Waals surface area (Å²) in [6.07, 6.45) is 3.38. The molecule has 102 valence electrons. The van der Waals surface area contributed by atoms with Crippen LogP contribution in [0.1, 0.15) is 25.5 Å². The molecule has 0 N–H and O–H groups in total. The van der Waals surface area contributed by atoms with Crippen LogP contribution in [0.4, 0.5) is 4.39 Å². The molecule has 4 nitrogen and oxygen atoms in total. The normalized spacial score (nSPS) is 11.0. The van der Waals surface area contributed by atoms with Crippen molar-refractivity contribution >= 4 is 0 Å². The van der Waals surface area contributed by atoms with E-state index in [1.807, 2.05) is 13.8 Å². The number of benzene rings is 1. The SMILES string of the molecule is COc1cccc(Cn2ccn(C(C)C)c2=O)c1F. The monoisotopic (exact) mass is 264 g/mol. The predicted octanol–water partition coefficient (Wildman–Crippen LogP) is 2.43. The minimum Gasteiger partial charge on any atom is -0.494 e. The minimum atomic E-state index is -0.422. The van der Waals surface area contributed by atoms with Gasteiger partial charge in [-0.05, 0) is 19.9 Å². The summed E-state index contributed by atoms with van der Waals surface area (Å²) in [6.45, 7) is 4.05. The lowest BCUT2D eigenvalue weighted by Crippen LogP contribution is -2.25. The molecule has 0 fully saturated rings. The Balaban J connectivity index is 2.34. The van der Waals surface area contributed by atoms with Gasteiger partial charge >= 0.3 is 5.69 Å². The summed E-state index contributed by atoms with van der Waals surface area (Å²) in [5, 5.41) is 0. The molecular weight excluding hydrogens is 247 g/mol. The second-order valence-electron chi connectivity index (χ2n) is 4.64. The Labute approximate surface area is 111 Å². The summed E-state index contributed by atoms with van der Waals surface area (Å²) in [5.41, 5.74) is 0.292. The molecule has 1 heterocycles. The quantitative estimate of drug-likeness (QED) is 0.850. The van der Waals surface area contributed by atoms with Crippen molar-refractivity contribution in [1.82, 2.24) is 9.13 Å². The first-order valence-electron chi connectivity index (χ1n) is 6.13.